The molecule has 0 spiro atoms. The Kier molecular flexibility index (Phi) is 10.5. The number of nitrogens with zero attached hydrogens (tertiary/aromatic N) is 3. The molecule has 7 heteroatoms. The maximum Gasteiger partial charge on any atom is 0.209 e. The summed E-state index contributed by atoms with van der Waals surface area (Å²) in [6, 6.07) is 18.3. The van der Waals surface area contributed by atoms with Gasteiger partial charge in [0.25, 0.3) is 0 Å². The van der Waals surface area contributed by atoms with Gasteiger partial charge in [-0.1, -0.05) is 56.3 Å². The number of hydrogen-bond acceptors (Lipinski definition) is 5. The summed E-state index contributed by atoms with van der Waals surface area (Å²) in [5.41, 5.74) is 12.3. The average Bonchev–Trinajstić information content (AvgIpc) is 3.50. The van der Waals surface area contributed by atoms with E-state index in [-0.39, 0.29) is 0 Å². The molecule has 1 aliphatic heterocycles. The smallest absolute Gasteiger partial charge is 0.209 e. The highest BCUT2D eigenvalue weighted by Gasteiger charge is 2.15. The molecular formula is C28H36N6O. The number of aromatic nitrogens is 1. The molecule has 35 heavy (non-hydrogen) atoms. The van der Waals surface area contributed by atoms with E-state index in [2.05, 4.69) is 58.2 Å². The number of aryl methyl sites for hydroxylation is 1. The summed E-state index contributed by atoms with van der Waals surface area (Å²) in [4.78, 5) is 23.5. The number of hydrogen-bond donors (Lipinski definition) is 3. The average molecular weight is 473 g/mol. The lowest BCUT2D eigenvalue weighted by Gasteiger charge is -2.09. The quantitative estimate of drug-likeness (QED) is 0.347. The minimum absolute atomic E-state index is 0.378. The van der Waals surface area contributed by atoms with Gasteiger partial charge in [-0.15, -0.1) is 0 Å². The normalized spacial score (nSPS) is 14.0. The molecule has 4 rings (SSSR count). The van der Waals surface area contributed by atoms with Crippen LogP contribution in [0.2, 0.25) is 0 Å². The van der Waals surface area contributed by atoms with Gasteiger partial charge in [0, 0.05) is 41.5 Å². The van der Waals surface area contributed by atoms with E-state index in [1.54, 1.807) is 11.9 Å². The van der Waals surface area contributed by atoms with Crippen molar-refractivity contribution in [1.82, 2.24) is 15.2 Å². The highest BCUT2D eigenvalue weighted by molar-refractivity contribution is 5.92. The van der Waals surface area contributed by atoms with Gasteiger partial charge in [-0.2, -0.15) is 0 Å². The largest absolute Gasteiger partial charge is 0.384 e. The molecule has 0 saturated carbocycles. The van der Waals surface area contributed by atoms with Crippen LogP contribution in [0.25, 0.3) is 16.5 Å². The molecule has 3 aromatic rings. The molecule has 1 aliphatic rings. The molecule has 0 fully saturated rings. The number of carbonyl (C=O) groups is 1. The zero-order chi connectivity index (χ0) is 25.8. The third-order valence-corrected chi connectivity index (χ3v) is 5.13. The van der Waals surface area contributed by atoms with Crippen molar-refractivity contribution in [3.8, 4) is 0 Å². The number of amides is 1. The third kappa shape index (κ3) is 7.99. The Morgan fingerprint density at radius 2 is 1.89 bits per heavy atom. The summed E-state index contributed by atoms with van der Waals surface area (Å²) >= 11 is 0. The third-order valence-electron chi connectivity index (χ3n) is 5.13. The first-order chi connectivity index (χ1) is 16.9. The zero-order valence-electron chi connectivity index (χ0n) is 21.3. The van der Waals surface area contributed by atoms with Gasteiger partial charge in [0.1, 0.15) is 5.82 Å². The van der Waals surface area contributed by atoms with E-state index in [0.29, 0.717) is 18.9 Å². The second-order valence-corrected chi connectivity index (χ2v) is 7.93. The Labute approximate surface area is 208 Å². The molecular weight excluding hydrogens is 436 g/mol. The van der Waals surface area contributed by atoms with Gasteiger partial charge in [0.2, 0.25) is 6.41 Å². The van der Waals surface area contributed by atoms with Gasteiger partial charge < -0.3 is 20.9 Å². The van der Waals surface area contributed by atoms with Crippen molar-refractivity contribution in [2.24, 2.45) is 15.7 Å². The Morgan fingerprint density at radius 1 is 1.17 bits per heavy atom. The fourth-order valence-corrected chi connectivity index (χ4v) is 3.46. The topological polar surface area (TPSA) is 98.9 Å². The monoisotopic (exact) mass is 472 g/mol. The predicted molar refractivity (Wildman–Crippen MR) is 148 cm³/mol. The molecule has 2 aromatic carbocycles. The van der Waals surface area contributed by atoms with Crippen LogP contribution in [0.3, 0.4) is 0 Å². The van der Waals surface area contributed by atoms with E-state index in [1.165, 1.54) is 5.56 Å². The van der Waals surface area contributed by atoms with Crippen LogP contribution in [0.5, 0.6) is 0 Å². The SMILES string of the molecule is C=N/C(N)=C\C(=C1/CN=C(C)N1)c1cc2ccc(C)cc2[nH]1.CC.CN(C=O)Cc1ccccc1. The summed E-state index contributed by atoms with van der Waals surface area (Å²) < 4.78 is 0. The molecule has 1 aromatic heterocycles. The fraction of sp³-hybridized carbons (Fsp3) is 0.250. The Morgan fingerprint density at radius 3 is 2.49 bits per heavy atom. The maximum absolute atomic E-state index is 10.2. The summed E-state index contributed by atoms with van der Waals surface area (Å²) in [7, 11) is 1.76. The number of aliphatic imine (C=N–C) groups is 2. The minimum Gasteiger partial charge on any atom is -0.384 e. The molecule has 0 radical (unpaired) electrons. The first kappa shape index (κ1) is 27.1. The van der Waals surface area contributed by atoms with Crippen molar-refractivity contribution in [3.05, 3.63) is 89.0 Å². The Bertz CT molecular complexity index is 1220. The molecule has 2 heterocycles. The molecule has 184 valence electrons. The van der Waals surface area contributed by atoms with Gasteiger partial charge in [-0.3, -0.25) is 9.79 Å². The number of amidine groups is 1. The molecule has 0 aliphatic carbocycles. The molecule has 1 amide bonds. The number of allylic oxidation sites excluding steroid dienone is 2. The summed E-state index contributed by atoms with van der Waals surface area (Å²) in [6.07, 6.45) is 2.65. The number of carbonyl (C=O) groups excluding carboxylic acids is 1. The van der Waals surface area contributed by atoms with Gasteiger partial charge in [-0.05, 0) is 49.9 Å². The van der Waals surface area contributed by atoms with Crippen LogP contribution in [0.1, 0.15) is 37.6 Å². The van der Waals surface area contributed by atoms with E-state index < -0.39 is 0 Å². The second kappa shape index (κ2) is 13.5. The fourth-order valence-electron chi connectivity index (χ4n) is 3.46. The molecule has 0 atom stereocenters. The van der Waals surface area contributed by atoms with Crippen molar-refractivity contribution >= 4 is 35.4 Å². The lowest BCUT2D eigenvalue weighted by molar-refractivity contribution is -0.117. The van der Waals surface area contributed by atoms with Crippen LogP contribution in [-0.4, -0.2) is 42.4 Å². The zero-order valence-corrected chi connectivity index (χ0v) is 21.3. The molecule has 0 bridgehead atoms. The molecule has 7 nitrogen and oxygen atoms in total. The van der Waals surface area contributed by atoms with Gasteiger partial charge in [0.05, 0.1) is 12.4 Å². The van der Waals surface area contributed by atoms with E-state index in [1.807, 2.05) is 57.2 Å². The van der Waals surface area contributed by atoms with Crippen LogP contribution in [0.15, 0.2) is 82.2 Å². The van der Waals surface area contributed by atoms with Crippen LogP contribution >= 0.6 is 0 Å². The molecule has 0 saturated heterocycles. The number of aromatic amines is 1. The second-order valence-electron chi connectivity index (χ2n) is 7.93. The van der Waals surface area contributed by atoms with E-state index >= 15 is 0 Å². The van der Waals surface area contributed by atoms with Crippen molar-refractivity contribution in [1.29, 1.82) is 0 Å². The highest BCUT2D eigenvalue weighted by atomic mass is 16.1. The number of nitrogens with two attached hydrogens (primary N) is 1. The van der Waals surface area contributed by atoms with E-state index in [4.69, 9.17) is 5.73 Å². The number of H-pyrrole nitrogens is 1. The van der Waals surface area contributed by atoms with E-state index in [9.17, 15) is 4.79 Å². The lowest BCUT2D eigenvalue weighted by atomic mass is 10.1. The van der Waals surface area contributed by atoms with Crippen LogP contribution < -0.4 is 11.1 Å². The first-order valence-corrected chi connectivity index (χ1v) is 11.6. The van der Waals surface area contributed by atoms with E-state index in [0.717, 1.165) is 45.7 Å². The highest BCUT2D eigenvalue weighted by Crippen LogP contribution is 2.26. The van der Waals surface area contributed by atoms with Crippen LogP contribution in [0.4, 0.5) is 0 Å². The number of nitrogens with one attached hydrogen (secondary N) is 2. The van der Waals surface area contributed by atoms with Crippen LogP contribution in [0, 0.1) is 6.92 Å². The van der Waals surface area contributed by atoms with Crippen molar-refractivity contribution in [2.45, 2.75) is 34.2 Å². The van der Waals surface area contributed by atoms with Gasteiger partial charge in [0.15, 0.2) is 0 Å². The minimum atomic E-state index is 0.378. The Hall–Kier alpha value is -4.13. The molecule has 4 N–H and O–H groups in total. The maximum atomic E-state index is 10.2. The van der Waals surface area contributed by atoms with Gasteiger partial charge in [-0.25, -0.2) is 4.99 Å². The van der Waals surface area contributed by atoms with Crippen molar-refractivity contribution < 1.29 is 4.79 Å². The summed E-state index contributed by atoms with van der Waals surface area (Å²) in [6.45, 7) is 12.8. The predicted octanol–water partition coefficient (Wildman–Crippen LogP) is 5.01. The van der Waals surface area contributed by atoms with Gasteiger partial charge >= 0.3 is 0 Å². The Balaban J connectivity index is 0.000000280. The van der Waals surface area contributed by atoms with Crippen LogP contribution in [-0.2, 0) is 11.3 Å². The number of benzene rings is 2. The summed E-state index contributed by atoms with van der Waals surface area (Å²) in [5.74, 6) is 1.28. The van der Waals surface area contributed by atoms with Crippen molar-refractivity contribution in [3.63, 3.8) is 0 Å². The standard InChI is InChI=1S/C17H19N5.C9H11NO.C2H6/c1-10-4-5-12-7-15(22-14(12)6-10)13(8-17(18)19-3)16-9-20-11(2)21-16;1-10(8-11)7-9-5-3-2-4-6-9;1-2/h4-8,22H,3,9,18H2,1-2H3,(H,20,21);2-6,8H,7H2,1H3;1-2H3/b16-13-,17-8-;;. The lowest BCUT2D eigenvalue weighted by Crippen LogP contribution is -2.15. The number of rotatable bonds is 6. The first-order valence-electron chi connectivity index (χ1n) is 11.6. The van der Waals surface area contributed by atoms with Crippen molar-refractivity contribution in [2.75, 3.05) is 13.6 Å². The summed E-state index contributed by atoms with van der Waals surface area (Å²) in [5, 5.41) is 4.45. The number of fused-ring (bicyclic) bond motifs is 1. The molecule has 0 unspecified atom stereocenters.